The number of urea groups is 1. The SMILES string of the molecule is CC1(C)OCc2cc(C3CN(CCCCCCOCCOCc4cccc(NC(=O)Nc5cccc(N)c5)c4)C(=O)O3)ccc2O1. The number of nitrogens with zero attached hydrogens (tertiary/aromatic N) is 1. The zero-order valence-corrected chi connectivity index (χ0v) is 26.6. The third kappa shape index (κ3) is 9.84. The number of hydrogen-bond acceptors (Lipinski definition) is 8. The van der Waals surface area contributed by atoms with Crippen molar-refractivity contribution in [3.05, 3.63) is 83.4 Å². The molecule has 46 heavy (non-hydrogen) atoms. The molecule has 1 atom stereocenters. The Morgan fingerprint density at radius 3 is 2.52 bits per heavy atom. The molecule has 0 radical (unpaired) electrons. The van der Waals surface area contributed by atoms with Gasteiger partial charge in [-0.25, -0.2) is 9.59 Å². The Morgan fingerprint density at radius 1 is 0.935 bits per heavy atom. The van der Waals surface area contributed by atoms with Gasteiger partial charge in [0, 0.05) is 49.6 Å². The number of anilines is 3. The lowest BCUT2D eigenvalue weighted by Gasteiger charge is -2.32. The van der Waals surface area contributed by atoms with Crippen molar-refractivity contribution in [1.29, 1.82) is 0 Å². The number of nitrogens with one attached hydrogen (secondary N) is 2. The molecule has 2 aliphatic rings. The first-order valence-corrected chi connectivity index (χ1v) is 15.8. The number of hydrogen-bond donors (Lipinski definition) is 3. The molecular weight excluding hydrogens is 588 g/mol. The van der Waals surface area contributed by atoms with Crippen LogP contribution < -0.4 is 21.1 Å². The second kappa shape index (κ2) is 15.8. The van der Waals surface area contributed by atoms with Crippen LogP contribution in [0, 0.1) is 0 Å². The Balaban J connectivity index is 0.889. The van der Waals surface area contributed by atoms with Crippen LogP contribution in [0.2, 0.25) is 0 Å². The first kappa shape index (κ1) is 33.1. The molecule has 2 heterocycles. The molecule has 0 aromatic heterocycles. The standard InChI is InChI=1S/C35H44N4O7/c1-35(2)44-24-27-20-26(13-14-31(27)46-35)32-22-39(34(41)45-32)15-5-3-4-6-16-42-17-18-43-23-25-9-7-11-29(19-25)37-33(40)38-30-12-8-10-28(36)21-30/h7-14,19-21,32H,3-6,15-18,22-24,36H2,1-2H3,(H2,37,38,40). The van der Waals surface area contributed by atoms with Crippen molar-refractivity contribution < 1.29 is 33.3 Å². The summed E-state index contributed by atoms with van der Waals surface area (Å²) in [5, 5.41) is 5.59. The Hall–Kier alpha value is -4.32. The highest BCUT2D eigenvalue weighted by atomic mass is 16.7. The molecule has 3 amide bonds. The number of nitrogen functional groups attached to an aromatic ring is 1. The lowest BCUT2D eigenvalue weighted by atomic mass is 10.0. The number of unbranched alkanes of at least 4 members (excludes halogenated alkanes) is 3. The number of nitrogens with two attached hydrogens (primary N) is 1. The van der Waals surface area contributed by atoms with Crippen LogP contribution in [0.1, 0.15) is 62.3 Å². The van der Waals surface area contributed by atoms with E-state index in [0.717, 1.165) is 48.1 Å². The lowest BCUT2D eigenvalue weighted by molar-refractivity contribution is -0.180. The van der Waals surface area contributed by atoms with Crippen molar-refractivity contribution >= 4 is 29.2 Å². The average Bonchev–Trinajstić information content (AvgIpc) is 3.39. The fraction of sp³-hybridized carbons (Fsp3) is 0.429. The van der Waals surface area contributed by atoms with Crippen LogP contribution in [0.25, 0.3) is 0 Å². The predicted octanol–water partition coefficient (Wildman–Crippen LogP) is 6.85. The fourth-order valence-corrected chi connectivity index (χ4v) is 5.34. The summed E-state index contributed by atoms with van der Waals surface area (Å²) >= 11 is 0. The molecule has 0 bridgehead atoms. The number of carbonyl (C=O) groups excluding carboxylic acids is 2. The second-order valence-corrected chi connectivity index (χ2v) is 12.0. The van der Waals surface area contributed by atoms with Gasteiger partial charge in [-0.3, -0.25) is 0 Å². The quantitative estimate of drug-likeness (QED) is 0.122. The molecule has 246 valence electrons. The Bertz CT molecular complexity index is 1480. The maximum Gasteiger partial charge on any atom is 0.410 e. The van der Waals surface area contributed by atoms with Gasteiger partial charge in [-0.15, -0.1) is 0 Å². The molecule has 3 aromatic rings. The van der Waals surface area contributed by atoms with Gasteiger partial charge in [-0.05, 0) is 66.4 Å². The highest BCUT2D eigenvalue weighted by Crippen LogP contribution is 2.35. The zero-order chi connectivity index (χ0) is 32.4. The molecule has 11 heteroatoms. The summed E-state index contributed by atoms with van der Waals surface area (Å²) in [6.07, 6.45) is 3.37. The average molecular weight is 633 g/mol. The number of carbonyl (C=O) groups is 2. The smallest absolute Gasteiger partial charge is 0.410 e. The van der Waals surface area contributed by atoms with E-state index >= 15 is 0 Å². The van der Waals surface area contributed by atoms with Crippen LogP contribution in [0.5, 0.6) is 5.75 Å². The molecule has 0 aliphatic carbocycles. The van der Waals surface area contributed by atoms with Crippen LogP contribution in [-0.4, -0.2) is 55.7 Å². The van der Waals surface area contributed by atoms with Crippen molar-refractivity contribution in [3.63, 3.8) is 0 Å². The van der Waals surface area contributed by atoms with Crippen molar-refractivity contribution in [1.82, 2.24) is 4.90 Å². The minimum absolute atomic E-state index is 0.262. The summed E-state index contributed by atoms with van der Waals surface area (Å²) < 4.78 is 28.7. The molecule has 0 saturated carbocycles. The Labute approximate surface area is 270 Å². The van der Waals surface area contributed by atoms with Gasteiger partial charge < -0.3 is 45.0 Å². The van der Waals surface area contributed by atoms with Gasteiger partial charge in [-0.1, -0.05) is 37.1 Å². The molecule has 5 rings (SSSR count). The summed E-state index contributed by atoms with van der Waals surface area (Å²) in [6, 6.07) is 20.1. The van der Waals surface area contributed by atoms with E-state index in [-0.39, 0.29) is 18.2 Å². The fourth-order valence-electron chi connectivity index (χ4n) is 5.34. The summed E-state index contributed by atoms with van der Waals surface area (Å²) in [5.41, 5.74) is 10.5. The third-order valence-corrected chi connectivity index (χ3v) is 7.71. The largest absolute Gasteiger partial charge is 0.463 e. The van der Waals surface area contributed by atoms with E-state index in [4.69, 9.17) is 29.4 Å². The molecule has 11 nitrogen and oxygen atoms in total. The molecule has 1 fully saturated rings. The van der Waals surface area contributed by atoms with Gasteiger partial charge in [0.15, 0.2) is 0 Å². The van der Waals surface area contributed by atoms with E-state index in [1.54, 1.807) is 29.2 Å². The van der Waals surface area contributed by atoms with Crippen LogP contribution in [0.4, 0.5) is 26.7 Å². The number of cyclic esters (lactones) is 1. The van der Waals surface area contributed by atoms with E-state index in [9.17, 15) is 9.59 Å². The number of amides is 3. The summed E-state index contributed by atoms with van der Waals surface area (Å²) in [5.74, 6) is 0.175. The molecule has 4 N–H and O–H groups in total. The van der Waals surface area contributed by atoms with Crippen molar-refractivity contribution in [2.75, 3.05) is 49.3 Å². The third-order valence-electron chi connectivity index (χ3n) is 7.71. The van der Waals surface area contributed by atoms with Crippen LogP contribution >= 0.6 is 0 Å². The van der Waals surface area contributed by atoms with Crippen LogP contribution in [0.15, 0.2) is 66.7 Å². The van der Waals surface area contributed by atoms with Gasteiger partial charge in [0.2, 0.25) is 5.79 Å². The van der Waals surface area contributed by atoms with Crippen LogP contribution in [0.3, 0.4) is 0 Å². The lowest BCUT2D eigenvalue weighted by Crippen LogP contribution is -2.35. The minimum atomic E-state index is -0.637. The number of benzene rings is 3. The van der Waals surface area contributed by atoms with Crippen molar-refractivity contribution in [3.8, 4) is 5.75 Å². The molecular formula is C35H44N4O7. The first-order valence-electron chi connectivity index (χ1n) is 15.8. The second-order valence-electron chi connectivity index (χ2n) is 12.0. The molecule has 2 aliphatic heterocycles. The van der Waals surface area contributed by atoms with Gasteiger partial charge >= 0.3 is 12.1 Å². The normalized spacial score (nSPS) is 16.8. The Kier molecular flexibility index (Phi) is 11.4. The topological polar surface area (TPSA) is 134 Å². The number of fused-ring (bicyclic) bond motifs is 1. The summed E-state index contributed by atoms with van der Waals surface area (Å²) in [7, 11) is 0. The maximum absolute atomic E-state index is 12.4. The van der Waals surface area contributed by atoms with Crippen molar-refractivity contribution in [2.45, 2.75) is 64.6 Å². The molecule has 1 unspecified atom stereocenters. The molecule has 0 spiro atoms. The van der Waals surface area contributed by atoms with E-state index < -0.39 is 5.79 Å². The van der Waals surface area contributed by atoms with E-state index in [1.165, 1.54) is 0 Å². The summed E-state index contributed by atoms with van der Waals surface area (Å²) in [4.78, 5) is 26.5. The Morgan fingerprint density at radius 2 is 1.70 bits per heavy atom. The van der Waals surface area contributed by atoms with Gasteiger partial charge in [0.1, 0.15) is 11.9 Å². The summed E-state index contributed by atoms with van der Waals surface area (Å²) in [6.45, 7) is 7.57. The minimum Gasteiger partial charge on any atom is -0.463 e. The highest BCUT2D eigenvalue weighted by molar-refractivity contribution is 6.00. The monoisotopic (exact) mass is 632 g/mol. The van der Waals surface area contributed by atoms with Crippen LogP contribution in [-0.2, 0) is 32.2 Å². The van der Waals surface area contributed by atoms with E-state index in [1.807, 2.05) is 56.3 Å². The van der Waals surface area contributed by atoms with Gasteiger partial charge in [0.05, 0.1) is 33.0 Å². The van der Waals surface area contributed by atoms with Crippen molar-refractivity contribution in [2.24, 2.45) is 0 Å². The van der Waals surface area contributed by atoms with Gasteiger partial charge in [0.25, 0.3) is 0 Å². The maximum atomic E-state index is 12.4. The van der Waals surface area contributed by atoms with E-state index in [0.29, 0.717) is 63.2 Å². The molecule has 1 saturated heterocycles. The van der Waals surface area contributed by atoms with E-state index in [2.05, 4.69) is 10.6 Å². The highest BCUT2D eigenvalue weighted by Gasteiger charge is 2.33. The zero-order valence-electron chi connectivity index (χ0n) is 26.6. The van der Waals surface area contributed by atoms with Gasteiger partial charge in [-0.2, -0.15) is 0 Å². The first-order chi connectivity index (χ1) is 22.2. The predicted molar refractivity (Wildman–Crippen MR) is 176 cm³/mol. The number of rotatable bonds is 15. The molecule has 3 aromatic carbocycles. The number of ether oxygens (including phenoxy) is 5.